The van der Waals surface area contributed by atoms with Gasteiger partial charge in [0.1, 0.15) is 0 Å². The van der Waals surface area contributed by atoms with Crippen molar-refractivity contribution in [2.24, 2.45) is 5.84 Å². The largest absolute Gasteiger partial charge is 0.271 e. The van der Waals surface area contributed by atoms with Gasteiger partial charge in [-0.3, -0.25) is 11.3 Å². The van der Waals surface area contributed by atoms with Crippen molar-refractivity contribution in [3.8, 4) is 0 Å². The molecule has 0 aromatic heterocycles. The molecule has 0 saturated heterocycles. The van der Waals surface area contributed by atoms with Crippen molar-refractivity contribution in [2.45, 2.75) is 13.0 Å². The van der Waals surface area contributed by atoms with E-state index in [2.05, 4.69) is 5.43 Å². The first-order valence-corrected chi connectivity index (χ1v) is 3.83. The van der Waals surface area contributed by atoms with Crippen molar-refractivity contribution in [3.05, 3.63) is 34.9 Å². The van der Waals surface area contributed by atoms with Crippen molar-refractivity contribution in [1.82, 2.24) is 5.43 Å². The zero-order chi connectivity index (χ0) is 8.27. The average Bonchev–Trinajstić information content (AvgIpc) is 2.03. The predicted molar refractivity (Wildman–Crippen MR) is 47.2 cm³/mol. The van der Waals surface area contributed by atoms with Gasteiger partial charge in [0, 0.05) is 11.1 Å². The van der Waals surface area contributed by atoms with Crippen molar-refractivity contribution in [3.63, 3.8) is 0 Å². The molecule has 0 bridgehead atoms. The number of hydrogen-bond acceptors (Lipinski definition) is 2. The molecule has 0 saturated carbocycles. The van der Waals surface area contributed by atoms with E-state index in [4.69, 9.17) is 17.4 Å². The van der Waals surface area contributed by atoms with Gasteiger partial charge in [0.25, 0.3) is 0 Å². The van der Waals surface area contributed by atoms with Crippen LogP contribution in [-0.2, 0) is 0 Å². The van der Waals surface area contributed by atoms with E-state index >= 15 is 0 Å². The van der Waals surface area contributed by atoms with E-state index in [0.29, 0.717) is 0 Å². The molecular formula is C8H11ClN2. The molecule has 0 fully saturated rings. The van der Waals surface area contributed by atoms with Crippen LogP contribution in [0.3, 0.4) is 0 Å². The van der Waals surface area contributed by atoms with Crippen LogP contribution in [0.25, 0.3) is 0 Å². The molecule has 60 valence electrons. The van der Waals surface area contributed by atoms with Crippen LogP contribution >= 0.6 is 11.6 Å². The first-order chi connectivity index (χ1) is 5.24. The maximum absolute atomic E-state index is 5.78. The minimum absolute atomic E-state index is 0.147. The van der Waals surface area contributed by atoms with Gasteiger partial charge in [-0.15, -0.1) is 0 Å². The predicted octanol–water partition coefficient (Wildman–Crippen LogP) is 1.86. The minimum Gasteiger partial charge on any atom is -0.271 e. The van der Waals surface area contributed by atoms with Gasteiger partial charge in [-0.1, -0.05) is 23.7 Å². The summed E-state index contributed by atoms with van der Waals surface area (Å²) in [6, 6.07) is 7.77. The molecule has 0 amide bonds. The summed E-state index contributed by atoms with van der Waals surface area (Å²) in [5, 5.41) is 0.740. The highest BCUT2D eigenvalue weighted by Crippen LogP contribution is 2.16. The molecule has 3 heteroatoms. The molecule has 3 N–H and O–H groups in total. The Morgan fingerprint density at radius 2 is 2.27 bits per heavy atom. The van der Waals surface area contributed by atoms with Crippen molar-refractivity contribution in [2.75, 3.05) is 0 Å². The molecule has 11 heavy (non-hydrogen) atoms. The van der Waals surface area contributed by atoms with Crippen LogP contribution in [0, 0.1) is 0 Å². The molecule has 1 rings (SSSR count). The molecule has 0 aliphatic rings. The van der Waals surface area contributed by atoms with Crippen molar-refractivity contribution in [1.29, 1.82) is 0 Å². The Labute approximate surface area is 71.3 Å². The summed E-state index contributed by atoms with van der Waals surface area (Å²) < 4.78 is 0. The van der Waals surface area contributed by atoms with E-state index < -0.39 is 0 Å². The lowest BCUT2D eigenvalue weighted by Crippen LogP contribution is -2.25. The van der Waals surface area contributed by atoms with E-state index in [1.165, 1.54) is 0 Å². The van der Waals surface area contributed by atoms with Crippen molar-refractivity contribution >= 4 is 11.6 Å². The summed E-state index contributed by atoms with van der Waals surface area (Å²) in [5.74, 6) is 5.26. The number of nitrogens with one attached hydrogen (secondary N) is 1. The smallest absolute Gasteiger partial charge is 0.0432 e. The Morgan fingerprint density at radius 3 is 2.82 bits per heavy atom. The van der Waals surface area contributed by atoms with Gasteiger partial charge in [0.05, 0.1) is 0 Å². The third-order valence-corrected chi connectivity index (χ3v) is 1.83. The molecule has 0 aliphatic heterocycles. The Hall–Kier alpha value is -0.570. The number of rotatable bonds is 2. The van der Waals surface area contributed by atoms with E-state index in [-0.39, 0.29) is 6.04 Å². The standard InChI is InChI=1S/C8H11ClN2/c1-6(11-10)7-3-2-4-8(9)5-7/h2-6,11H,10H2,1H3/t6-/m0/s1. The molecule has 1 aromatic carbocycles. The van der Waals surface area contributed by atoms with E-state index in [0.717, 1.165) is 10.6 Å². The van der Waals surface area contributed by atoms with Gasteiger partial charge in [0.15, 0.2) is 0 Å². The summed E-state index contributed by atoms with van der Waals surface area (Å²) in [5.41, 5.74) is 3.75. The first kappa shape index (κ1) is 8.53. The van der Waals surface area contributed by atoms with Gasteiger partial charge in [0.2, 0.25) is 0 Å². The minimum atomic E-state index is 0.147. The SMILES string of the molecule is C[C@H](NN)c1cccc(Cl)c1. The lowest BCUT2D eigenvalue weighted by molar-refractivity contribution is 0.602. The normalized spacial score (nSPS) is 13.0. The summed E-state index contributed by atoms with van der Waals surface area (Å²) >= 11 is 5.78. The fourth-order valence-electron chi connectivity index (χ4n) is 0.872. The van der Waals surface area contributed by atoms with Crippen LogP contribution in [0.5, 0.6) is 0 Å². The molecule has 1 aromatic rings. The summed E-state index contributed by atoms with van der Waals surface area (Å²) in [6.07, 6.45) is 0. The molecule has 0 spiro atoms. The molecule has 0 radical (unpaired) electrons. The number of nitrogens with two attached hydrogens (primary N) is 1. The van der Waals surface area contributed by atoms with Gasteiger partial charge in [-0.25, -0.2) is 0 Å². The second-order valence-corrected chi connectivity index (χ2v) is 2.88. The number of halogens is 1. The van der Waals surface area contributed by atoms with Crippen molar-refractivity contribution < 1.29 is 0 Å². The summed E-state index contributed by atoms with van der Waals surface area (Å²) in [7, 11) is 0. The van der Waals surface area contributed by atoms with Crippen LogP contribution in [-0.4, -0.2) is 0 Å². The second-order valence-electron chi connectivity index (χ2n) is 2.44. The van der Waals surface area contributed by atoms with Crippen LogP contribution in [0.15, 0.2) is 24.3 Å². The van der Waals surface area contributed by atoms with E-state index in [1.54, 1.807) is 0 Å². The van der Waals surface area contributed by atoms with Gasteiger partial charge < -0.3 is 0 Å². The highest BCUT2D eigenvalue weighted by Gasteiger charge is 2.01. The zero-order valence-electron chi connectivity index (χ0n) is 6.34. The first-order valence-electron chi connectivity index (χ1n) is 3.45. The summed E-state index contributed by atoms with van der Waals surface area (Å²) in [6.45, 7) is 1.98. The lowest BCUT2D eigenvalue weighted by atomic mass is 10.1. The molecular weight excluding hydrogens is 160 g/mol. The monoisotopic (exact) mass is 170 g/mol. The quantitative estimate of drug-likeness (QED) is 0.525. The number of hydrogen-bond donors (Lipinski definition) is 2. The third-order valence-electron chi connectivity index (χ3n) is 1.60. The third kappa shape index (κ3) is 2.19. The number of hydrazine groups is 1. The lowest BCUT2D eigenvalue weighted by Gasteiger charge is -2.09. The van der Waals surface area contributed by atoms with Gasteiger partial charge in [-0.05, 0) is 24.6 Å². The summed E-state index contributed by atoms with van der Waals surface area (Å²) in [4.78, 5) is 0. The highest BCUT2D eigenvalue weighted by atomic mass is 35.5. The van der Waals surface area contributed by atoms with Crippen LogP contribution in [0.2, 0.25) is 5.02 Å². The molecule has 0 heterocycles. The molecule has 1 atom stereocenters. The Bertz CT molecular complexity index is 237. The van der Waals surface area contributed by atoms with E-state index in [1.807, 2.05) is 31.2 Å². The topological polar surface area (TPSA) is 38.0 Å². The van der Waals surface area contributed by atoms with Gasteiger partial charge in [-0.2, -0.15) is 0 Å². The zero-order valence-corrected chi connectivity index (χ0v) is 7.10. The Morgan fingerprint density at radius 1 is 1.55 bits per heavy atom. The Balaban J connectivity index is 2.86. The maximum Gasteiger partial charge on any atom is 0.0432 e. The van der Waals surface area contributed by atoms with Crippen LogP contribution in [0.4, 0.5) is 0 Å². The molecule has 2 nitrogen and oxygen atoms in total. The highest BCUT2D eigenvalue weighted by molar-refractivity contribution is 6.30. The Kier molecular flexibility index (Phi) is 2.88. The number of benzene rings is 1. The second kappa shape index (κ2) is 3.72. The fraction of sp³-hybridized carbons (Fsp3) is 0.250. The van der Waals surface area contributed by atoms with E-state index in [9.17, 15) is 0 Å². The average molecular weight is 171 g/mol. The fourth-order valence-corrected chi connectivity index (χ4v) is 1.07. The maximum atomic E-state index is 5.78. The van der Waals surface area contributed by atoms with Crippen LogP contribution in [0.1, 0.15) is 18.5 Å². The van der Waals surface area contributed by atoms with Crippen LogP contribution < -0.4 is 11.3 Å². The molecule has 0 aliphatic carbocycles. The van der Waals surface area contributed by atoms with Gasteiger partial charge >= 0.3 is 0 Å². The molecule has 0 unspecified atom stereocenters.